The van der Waals surface area contributed by atoms with Crippen molar-refractivity contribution in [3.05, 3.63) is 35.4 Å². The zero-order valence-electron chi connectivity index (χ0n) is 10.5. The van der Waals surface area contributed by atoms with Gasteiger partial charge >= 0.3 is 5.97 Å². The van der Waals surface area contributed by atoms with Crippen LogP contribution >= 0.6 is 0 Å². The Hall–Kier alpha value is -1.35. The number of fused-ring (bicyclic) bond motifs is 1. The molecule has 1 aliphatic heterocycles. The van der Waals surface area contributed by atoms with Gasteiger partial charge in [0, 0.05) is 11.6 Å². The van der Waals surface area contributed by atoms with Crippen LogP contribution in [0.25, 0.3) is 0 Å². The van der Waals surface area contributed by atoms with E-state index in [4.69, 9.17) is 4.74 Å². The van der Waals surface area contributed by atoms with Crippen molar-refractivity contribution in [3.8, 4) is 0 Å². The minimum atomic E-state index is -0.239. The van der Waals surface area contributed by atoms with Crippen LogP contribution in [0.4, 0.5) is 0 Å². The van der Waals surface area contributed by atoms with Gasteiger partial charge in [-0.05, 0) is 18.9 Å². The van der Waals surface area contributed by atoms with E-state index in [1.165, 1.54) is 38.5 Å². The zero-order chi connectivity index (χ0) is 12.4. The summed E-state index contributed by atoms with van der Waals surface area (Å²) in [6.07, 6.45) is 7.36. The summed E-state index contributed by atoms with van der Waals surface area (Å²) in [7, 11) is 0. The fraction of sp³-hybridized carbons (Fsp3) is 0.533. The molecule has 1 aromatic rings. The van der Waals surface area contributed by atoms with Gasteiger partial charge in [0.15, 0.2) is 6.23 Å². The summed E-state index contributed by atoms with van der Waals surface area (Å²) in [5, 5.41) is 3.50. The molecule has 1 atom stereocenters. The molecule has 0 saturated heterocycles. The number of carbonyl (C=O) groups is 1. The minimum absolute atomic E-state index is 0.197. The predicted octanol–water partition coefficient (Wildman–Crippen LogP) is 3.17. The van der Waals surface area contributed by atoms with Gasteiger partial charge in [-0.25, -0.2) is 4.79 Å². The monoisotopic (exact) mass is 245 g/mol. The second kappa shape index (κ2) is 5.11. The maximum Gasteiger partial charge on any atom is 0.340 e. The van der Waals surface area contributed by atoms with Gasteiger partial charge in [0.05, 0.1) is 5.56 Å². The second-order valence-electron chi connectivity index (χ2n) is 5.23. The minimum Gasteiger partial charge on any atom is -0.439 e. The van der Waals surface area contributed by atoms with E-state index in [-0.39, 0.29) is 12.2 Å². The molecule has 0 aromatic heterocycles. The van der Waals surface area contributed by atoms with Crippen molar-refractivity contribution < 1.29 is 9.53 Å². The third-order valence-electron chi connectivity index (χ3n) is 3.93. The van der Waals surface area contributed by atoms with E-state index in [2.05, 4.69) is 5.32 Å². The van der Waals surface area contributed by atoms with Crippen molar-refractivity contribution in [2.45, 2.75) is 50.8 Å². The number of ether oxygens (including phenoxy) is 1. The van der Waals surface area contributed by atoms with Gasteiger partial charge in [0.1, 0.15) is 0 Å². The van der Waals surface area contributed by atoms with Gasteiger partial charge in [-0.15, -0.1) is 0 Å². The molecule has 1 aromatic carbocycles. The lowest BCUT2D eigenvalue weighted by Crippen LogP contribution is -2.32. The molecule has 18 heavy (non-hydrogen) atoms. The molecule has 3 heteroatoms. The summed E-state index contributed by atoms with van der Waals surface area (Å²) in [6, 6.07) is 8.15. The van der Waals surface area contributed by atoms with Gasteiger partial charge in [-0.2, -0.15) is 0 Å². The summed E-state index contributed by atoms with van der Waals surface area (Å²) >= 11 is 0. The summed E-state index contributed by atoms with van der Waals surface area (Å²) < 4.78 is 5.43. The molecule has 3 rings (SSSR count). The number of esters is 1. The summed E-state index contributed by atoms with van der Waals surface area (Å²) in [5.41, 5.74) is 1.70. The number of carbonyl (C=O) groups excluding carboxylic acids is 1. The van der Waals surface area contributed by atoms with Crippen molar-refractivity contribution >= 4 is 5.97 Å². The van der Waals surface area contributed by atoms with E-state index in [0.29, 0.717) is 11.6 Å². The molecule has 0 bridgehead atoms. The predicted molar refractivity (Wildman–Crippen MR) is 69.2 cm³/mol. The largest absolute Gasteiger partial charge is 0.439 e. The number of rotatable bonds is 2. The average Bonchev–Trinajstić information content (AvgIpc) is 2.58. The van der Waals surface area contributed by atoms with Crippen LogP contribution in [0.15, 0.2) is 24.3 Å². The number of hydrogen-bond donors (Lipinski definition) is 1. The zero-order valence-corrected chi connectivity index (χ0v) is 10.5. The first-order chi connectivity index (χ1) is 8.84. The Kier molecular flexibility index (Phi) is 3.33. The van der Waals surface area contributed by atoms with Gasteiger partial charge in [0.2, 0.25) is 0 Å². The Balaban J connectivity index is 1.72. The Morgan fingerprint density at radius 1 is 1.06 bits per heavy atom. The fourth-order valence-corrected chi connectivity index (χ4v) is 2.93. The molecular formula is C15H19NO2. The first-order valence-electron chi connectivity index (χ1n) is 6.90. The van der Waals surface area contributed by atoms with Gasteiger partial charge in [-0.3, -0.25) is 5.32 Å². The third-order valence-corrected chi connectivity index (χ3v) is 3.93. The quantitative estimate of drug-likeness (QED) is 0.642. The standard InChI is InChI=1S/C15H19NO2/c17-15-13-10-6-5-9-12(13)14(18-15)16-11-7-3-1-2-4-8-11/h5-6,9-11,14,16H,1-4,7-8H2. The van der Waals surface area contributed by atoms with E-state index in [1.807, 2.05) is 24.3 Å². The molecule has 2 aliphatic rings. The molecule has 1 heterocycles. The normalized spacial score (nSPS) is 24.4. The highest BCUT2D eigenvalue weighted by atomic mass is 16.6. The Bertz CT molecular complexity index is 436. The van der Waals surface area contributed by atoms with Crippen molar-refractivity contribution in [2.24, 2.45) is 0 Å². The number of benzene rings is 1. The summed E-state index contributed by atoms with van der Waals surface area (Å²) in [5.74, 6) is -0.197. The van der Waals surface area contributed by atoms with Crippen LogP contribution in [0.2, 0.25) is 0 Å². The first-order valence-corrected chi connectivity index (χ1v) is 6.90. The lowest BCUT2D eigenvalue weighted by molar-refractivity contribution is 0.0270. The van der Waals surface area contributed by atoms with Crippen LogP contribution in [0.3, 0.4) is 0 Å². The van der Waals surface area contributed by atoms with Gasteiger partial charge in [-0.1, -0.05) is 43.9 Å². The molecule has 1 aliphatic carbocycles. The highest BCUT2D eigenvalue weighted by Crippen LogP contribution is 2.30. The molecular weight excluding hydrogens is 226 g/mol. The first kappa shape index (κ1) is 11.7. The third kappa shape index (κ3) is 2.27. The molecule has 1 fully saturated rings. The lowest BCUT2D eigenvalue weighted by Gasteiger charge is -2.21. The lowest BCUT2D eigenvalue weighted by atomic mass is 10.1. The van der Waals surface area contributed by atoms with Crippen molar-refractivity contribution in [1.82, 2.24) is 5.32 Å². The molecule has 1 unspecified atom stereocenters. The Morgan fingerprint density at radius 3 is 2.56 bits per heavy atom. The summed E-state index contributed by atoms with van der Waals surface area (Å²) in [6.45, 7) is 0. The number of hydrogen-bond acceptors (Lipinski definition) is 3. The van der Waals surface area contributed by atoms with Crippen LogP contribution in [0.1, 0.15) is 60.7 Å². The second-order valence-corrected chi connectivity index (χ2v) is 5.23. The Labute approximate surface area is 108 Å². The van der Waals surface area contributed by atoms with E-state index in [1.54, 1.807) is 0 Å². The maximum absolute atomic E-state index is 11.7. The van der Waals surface area contributed by atoms with Crippen LogP contribution in [0, 0.1) is 0 Å². The van der Waals surface area contributed by atoms with Crippen LogP contribution in [0.5, 0.6) is 0 Å². The van der Waals surface area contributed by atoms with Crippen molar-refractivity contribution in [1.29, 1.82) is 0 Å². The molecule has 0 spiro atoms. The molecule has 3 nitrogen and oxygen atoms in total. The fourth-order valence-electron chi connectivity index (χ4n) is 2.93. The smallest absolute Gasteiger partial charge is 0.340 e. The molecule has 0 radical (unpaired) electrons. The Morgan fingerprint density at radius 2 is 1.78 bits per heavy atom. The summed E-state index contributed by atoms with van der Waals surface area (Å²) in [4.78, 5) is 11.7. The van der Waals surface area contributed by atoms with Crippen molar-refractivity contribution in [2.75, 3.05) is 0 Å². The van der Waals surface area contributed by atoms with E-state index in [9.17, 15) is 4.79 Å². The average molecular weight is 245 g/mol. The highest BCUT2D eigenvalue weighted by molar-refractivity contribution is 5.93. The SMILES string of the molecule is O=C1OC(NC2CCCCCC2)c2ccccc21. The molecule has 0 amide bonds. The van der Waals surface area contributed by atoms with E-state index < -0.39 is 0 Å². The number of nitrogens with one attached hydrogen (secondary N) is 1. The van der Waals surface area contributed by atoms with Crippen LogP contribution < -0.4 is 5.32 Å². The van der Waals surface area contributed by atoms with Gasteiger partial charge in [0.25, 0.3) is 0 Å². The van der Waals surface area contributed by atoms with E-state index in [0.717, 1.165) is 5.56 Å². The van der Waals surface area contributed by atoms with Gasteiger partial charge < -0.3 is 4.74 Å². The highest BCUT2D eigenvalue weighted by Gasteiger charge is 2.31. The maximum atomic E-state index is 11.7. The number of cyclic esters (lactones) is 1. The van der Waals surface area contributed by atoms with Crippen LogP contribution in [-0.4, -0.2) is 12.0 Å². The molecule has 96 valence electrons. The van der Waals surface area contributed by atoms with Crippen LogP contribution in [-0.2, 0) is 4.74 Å². The van der Waals surface area contributed by atoms with Crippen molar-refractivity contribution in [3.63, 3.8) is 0 Å². The molecule has 1 saturated carbocycles. The topological polar surface area (TPSA) is 38.3 Å². The van der Waals surface area contributed by atoms with E-state index >= 15 is 0 Å². The molecule has 1 N–H and O–H groups in total.